The third kappa shape index (κ3) is 6.44. The molecule has 0 bridgehead atoms. The maximum absolute atomic E-state index is 5.27. The fourth-order valence-corrected chi connectivity index (χ4v) is 1.80. The Morgan fingerprint density at radius 3 is 1.84 bits per heavy atom. The summed E-state index contributed by atoms with van der Waals surface area (Å²) in [4.78, 5) is 4.38. The largest absolute Gasteiger partial charge is 0.342 e. The molecule has 0 spiro atoms. The monoisotopic (exact) mass is 773 g/mol. The van der Waals surface area contributed by atoms with Crippen molar-refractivity contribution in [3.63, 3.8) is 0 Å². The van der Waals surface area contributed by atoms with Gasteiger partial charge in [0.25, 0.3) is 0 Å². The van der Waals surface area contributed by atoms with Gasteiger partial charge in [-0.25, -0.2) is 0 Å². The molecular weight excluding hydrogens is 746 g/mol. The van der Waals surface area contributed by atoms with Crippen LogP contribution in [0.5, 0.6) is 0 Å². The maximum atomic E-state index is 5.27. The zero-order valence-corrected chi connectivity index (χ0v) is 26.8. The zero-order chi connectivity index (χ0) is 13.7. The smallest absolute Gasteiger partial charge is 0.202 e. The van der Waals surface area contributed by atoms with E-state index in [1.165, 1.54) is 0 Å². The topological polar surface area (TPSA) is 38.9 Å². The number of aryl methyl sites for hydroxylation is 1. The molecule has 1 aromatic rings. The van der Waals surface area contributed by atoms with Gasteiger partial charge >= 0.3 is 0 Å². The van der Waals surface area contributed by atoms with E-state index < -0.39 is 0 Å². The Balaban J connectivity index is -0.000000609. The minimum Gasteiger partial charge on any atom is -0.342 e. The standard InChI is InChI=1S/C12H21N2O.C2H6.2Rf/c1-7-9-13-10(15-14-9)12(5,6)8-11(2,3)4;1-2;;/h8H,7H2,1-6H3;1-2H3;;/q-1;;;. The molecule has 0 N–H and O–H groups in total. The van der Waals surface area contributed by atoms with Crippen LogP contribution in [0.25, 0.3) is 0 Å². The third-order valence-corrected chi connectivity index (χ3v) is 2.13. The molecule has 0 radical (unpaired) electrons. The van der Waals surface area contributed by atoms with Gasteiger partial charge in [0.1, 0.15) is 0 Å². The Morgan fingerprint density at radius 2 is 1.53 bits per heavy atom. The Kier molecular flexibility index (Phi) is 8.42. The van der Waals surface area contributed by atoms with Gasteiger partial charge < -0.3 is 10.9 Å². The SMILES string of the molecule is CC.CCc1noc(C(C)(C)[CH-]C(C)(C)C)n1.[Rf].[Rf]. The van der Waals surface area contributed by atoms with Crippen LogP contribution in [0.4, 0.5) is 0 Å². The summed E-state index contributed by atoms with van der Waals surface area (Å²) in [6, 6.07) is 0. The molecule has 0 saturated heterocycles. The molecule has 0 unspecified atom stereocenters. The van der Waals surface area contributed by atoms with Crippen molar-refractivity contribution in [2.75, 3.05) is 0 Å². The first kappa shape index (κ1) is 21.4. The van der Waals surface area contributed by atoms with Crippen LogP contribution in [0.1, 0.15) is 67.1 Å². The molecule has 19 heavy (non-hydrogen) atoms. The first-order chi connectivity index (χ1) is 7.74. The second-order valence-corrected chi connectivity index (χ2v) is 5.60. The number of aromatic nitrogens is 2. The molecule has 0 fully saturated rings. The predicted molar refractivity (Wildman–Crippen MR) is 71.8 cm³/mol. The van der Waals surface area contributed by atoms with E-state index in [9.17, 15) is 0 Å². The van der Waals surface area contributed by atoms with Crippen molar-refractivity contribution < 1.29 is 4.52 Å². The van der Waals surface area contributed by atoms with Gasteiger partial charge in [-0.1, -0.05) is 66.0 Å². The minimum atomic E-state index is -0.168. The average Bonchev–Trinajstić information content (AvgIpc) is 2.66. The predicted octanol–water partition coefficient (Wildman–Crippen LogP) is 4.19. The van der Waals surface area contributed by atoms with Crippen molar-refractivity contribution in [3.8, 4) is 0 Å². The van der Waals surface area contributed by atoms with E-state index in [1.807, 2.05) is 20.8 Å². The molecule has 0 aromatic carbocycles. The van der Waals surface area contributed by atoms with Crippen LogP contribution < -0.4 is 0 Å². The molecule has 0 aliphatic heterocycles. The number of hydrogen-bond acceptors (Lipinski definition) is 3. The van der Waals surface area contributed by atoms with Gasteiger partial charge in [0.15, 0.2) is 5.82 Å². The van der Waals surface area contributed by atoms with Gasteiger partial charge in [0.05, 0.1) is 0 Å². The van der Waals surface area contributed by atoms with Gasteiger partial charge in [-0.2, -0.15) is 10.4 Å². The molecule has 104 valence electrons. The Morgan fingerprint density at radius 1 is 1.05 bits per heavy atom. The molecule has 0 amide bonds. The molecule has 0 saturated carbocycles. The maximum Gasteiger partial charge on any atom is 0.202 e. The summed E-state index contributed by atoms with van der Waals surface area (Å²) in [6.07, 6.45) is 3.06. The van der Waals surface area contributed by atoms with Crippen molar-refractivity contribution in [3.05, 3.63) is 18.1 Å². The Hall–Kier alpha value is -2.86. The van der Waals surface area contributed by atoms with Crippen LogP contribution in [0.15, 0.2) is 4.52 Å². The van der Waals surface area contributed by atoms with E-state index in [2.05, 4.69) is 51.2 Å². The van der Waals surface area contributed by atoms with Crippen LogP contribution in [-0.2, 0) is 11.8 Å². The summed E-state index contributed by atoms with van der Waals surface area (Å²) in [5.74, 6) is 1.48. The summed E-state index contributed by atoms with van der Waals surface area (Å²) >= 11 is 0. The van der Waals surface area contributed by atoms with Crippen molar-refractivity contribution in [2.24, 2.45) is 5.41 Å². The summed E-state index contributed by atoms with van der Waals surface area (Å²) in [7, 11) is 0. The molecule has 5 heteroatoms. The zero-order valence-electron chi connectivity index (χ0n) is 14.0. The molecular formula is C14H27N2ORf2-. The van der Waals surface area contributed by atoms with Crippen LogP contribution in [-0.4, -0.2) is 10.1 Å². The van der Waals surface area contributed by atoms with Crippen LogP contribution in [0.3, 0.4) is 0 Å². The summed E-state index contributed by atoms with van der Waals surface area (Å²) in [5.41, 5.74) is -0.0248. The normalized spacial score (nSPS) is 10.7. The fourth-order valence-electron chi connectivity index (χ4n) is 1.80. The van der Waals surface area contributed by atoms with Gasteiger partial charge in [0, 0.05) is 6.42 Å². The van der Waals surface area contributed by atoms with Crippen LogP contribution in [0.2, 0.25) is 0 Å². The molecule has 0 atom stereocenters. The van der Waals surface area contributed by atoms with E-state index in [0.717, 1.165) is 12.2 Å². The number of nitrogens with zero attached hydrogens (tertiary/aromatic N) is 2. The van der Waals surface area contributed by atoms with Gasteiger partial charge in [-0.3, -0.25) is 0 Å². The van der Waals surface area contributed by atoms with E-state index in [0.29, 0.717) is 5.89 Å². The number of rotatable bonds is 3. The van der Waals surface area contributed by atoms with Gasteiger partial charge in [-0.15, -0.1) is 0 Å². The fraction of sp³-hybridized carbons (Fsp3) is 0.786. The third-order valence-electron chi connectivity index (χ3n) is 2.13. The molecule has 1 heterocycles. The molecule has 0 aliphatic carbocycles. The van der Waals surface area contributed by atoms with E-state index >= 15 is 0 Å². The Bertz CT molecular complexity index is 330. The molecule has 1 aromatic heterocycles. The van der Waals surface area contributed by atoms with Crippen molar-refractivity contribution in [1.82, 2.24) is 10.1 Å². The van der Waals surface area contributed by atoms with Gasteiger partial charge in [-0.05, 0) is 0 Å². The van der Waals surface area contributed by atoms with E-state index in [4.69, 9.17) is 4.52 Å². The van der Waals surface area contributed by atoms with E-state index in [1.54, 1.807) is 0 Å². The van der Waals surface area contributed by atoms with Gasteiger partial charge in [0.2, 0.25) is 5.89 Å². The average molecular weight is 773 g/mol. The van der Waals surface area contributed by atoms with Crippen LogP contribution in [0, 0.1) is 11.8 Å². The summed E-state index contributed by atoms with van der Waals surface area (Å²) in [5, 5.41) is 3.92. The van der Waals surface area contributed by atoms with Crippen LogP contribution >= 0.6 is 0 Å². The quantitative estimate of drug-likeness (QED) is 0.434. The summed E-state index contributed by atoms with van der Waals surface area (Å²) < 4.78 is 5.27. The summed E-state index contributed by atoms with van der Waals surface area (Å²) in [6.45, 7) is 16.7. The first-order valence-corrected chi connectivity index (χ1v) is 6.45. The van der Waals surface area contributed by atoms with Crippen molar-refractivity contribution in [2.45, 2.75) is 67.2 Å². The second kappa shape index (κ2) is 7.46. The van der Waals surface area contributed by atoms with Crippen molar-refractivity contribution >= 4 is 0 Å². The molecule has 1 rings (SSSR count). The number of hydrogen-bond donors (Lipinski definition) is 0. The molecule has 0 aliphatic rings. The van der Waals surface area contributed by atoms with E-state index in [-0.39, 0.29) is 10.8 Å². The Labute approximate surface area is 106 Å². The van der Waals surface area contributed by atoms with Crippen molar-refractivity contribution in [1.29, 1.82) is 0 Å². The molecule has 3 nitrogen and oxygen atoms in total. The minimum absolute atomic E-state index is 0. The first-order valence-electron chi connectivity index (χ1n) is 6.45. The second-order valence-electron chi connectivity index (χ2n) is 5.60.